The first-order valence-electron chi connectivity index (χ1n) is 6.89. The zero-order valence-corrected chi connectivity index (χ0v) is 12.9. The molecule has 0 unspecified atom stereocenters. The molecule has 0 amide bonds. The van der Waals surface area contributed by atoms with Gasteiger partial charge in [-0.05, 0) is 16.7 Å². The number of hydrogen-bond acceptors (Lipinski definition) is 2. The summed E-state index contributed by atoms with van der Waals surface area (Å²) in [5, 5.41) is 2.93. The average Bonchev–Trinajstić information content (AvgIpc) is 2.79. The highest BCUT2D eigenvalue weighted by Gasteiger charge is 2.28. The van der Waals surface area contributed by atoms with Crippen molar-refractivity contribution in [3.63, 3.8) is 0 Å². The fourth-order valence-corrected chi connectivity index (χ4v) is 2.49. The highest BCUT2D eigenvalue weighted by molar-refractivity contribution is 6.56. The van der Waals surface area contributed by atoms with Gasteiger partial charge in [-0.2, -0.15) is 5.10 Å². The van der Waals surface area contributed by atoms with Gasteiger partial charge in [0.25, 0.3) is 0 Å². The Morgan fingerprint density at radius 1 is 1.43 bits per heavy atom. The molecule has 0 atom stereocenters. The van der Waals surface area contributed by atoms with Crippen LogP contribution in [0.15, 0.2) is 36.7 Å². The van der Waals surface area contributed by atoms with Crippen LogP contribution in [0.2, 0.25) is 0 Å². The van der Waals surface area contributed by atoms with Gasteiger partial charge < -0.3 is 4.90 Å². The molecular weight excluding hydrogens is 255 g/mol. The smallest absolute Gasteiger partial charge is 0.0993 e. The molecule has 1 aromatic rings. The van der Waals surface area contributed by atoms with Gasteiger partial charge in [-0.15, -0.1) is 0 Å². The van der Waals surface area contributed by atoms with Gasteiger partial charge >= 0.3 is 0 Å². The lowest BCUT2D eigenvalue weighted by Gasteiger charge is -2.31. The van der Waals surface area contributed by atoms with Crippen LogP contribution in [0.5, 0.6) is 0 Å². The van der Waals surface area contributed by atoms with Crippen molar-refractivity contribution in [1.82, 2.24) is 14.7 Å². The summed E-state index contributed by atoms with van der Waals surface area (Å²) in [7, 11) is 19.2. The number of nitrogens with zero attached hydrogens (tertiary/aromatic N) is 3. The van der Waals surface area contributed by atoms with Crippen LogP contribution in [0.1, 0.15) is 25.1 Å². The van der Waals surface area contributed by atoms with E-state index in [2.05, 4.69) is 37.0 Å². The number of hydrogen-bond donors (Lipinski definition) is 0. The predicted octanol–water partition coefficient (Wildman–Crippen LogP) is 1.51. The van der Waals surface area contributed by atoms with E-state index in [1.54, 1.807) is 12.3 Å². The second-order valence-corrected chi connectivity index (χ2v) is 5.84. The molecule has 0 aromatic carbocycles. The molecule has 0 fully saturated rings. The van der Waals surface area contributed by atoms with E-state index in [1.165, 1.54) is 4.68 Å². The zero-order valence-electron chi connectivity index (χ0n) is 12.9. The van der Waals surface area contributed by atoms with Gasteiger partial charge in [0.1, 0.15) is 0 Å². The van der Waals surface area contributed by atoms with Gasteiger partial charge in [0.15, 0.2) is 0 Å². The molecule has 1 aliphatic rings. The molecule has 1 aliphatic heterocycles. The van der Waals surface area contributed by atoms with Crippen molar-refractivity contribution in [2.24, 2.45) is 5.92 Å². The zero-order chi connectivity index (χ0) is 15.9. The van der Waals surface area contributed by atoms with Crippen LogP contribution in [0.25, 0.3) is 5.57 Å². The van der Waals surface area contributed by atoms with E-state index in [-0.39, 0.29) is 0 Å². The first kappa shape index (κ1) is 15.8. The van der Waals surface area contributed by atoms with Crippen molar-refractivity contribution < 1.29 is 0 Å². The second-order valence-electron chi connectivity index (χ2n) is 5.84. The minimum Gasteiger partial charge on any atom is -0.369 e. The third-order valence-electron chi connectivity index (χ3n) is 3.69. The van der Waals surface area contributed by atoms with Crippen molar-refractivity contribution in [2.45, 2.75) is 25.6 Å². The van der Waals surface area contributed by atoms with E-state index in [1.807, 2.05) is 7.05 Å². The summed E-state index contributed by atoms with van der Waals surface area (Å²) in [5.74, 6) is 0.332. The molecule has 0 saturated heterocycles. The number of fused-ring (bicyclic) bond motifs is 1. The number of aromatic nitrogens is 2. The molecule has 0 bridgehead atoms. The summed E-state index contributed by atoms with van der Waals surface area (Å²) in [4.78, 5) is 2.14. The Morgan fingerprint density at radius 3 is 2.52 bits per heavy atom. The summed E-state index contributed by atoms with van der Waals surface area (Å²) in [5.41, 5.74) is 4.85. The first-order chi connectivity index (χ1) is 9.66. The molecule has 0 saturated carbocycles. The van der Waals surface area contributed by atoms with Crippen LogP contribution in [0.3, 0.4) is 0 Å². The van der Waals surface area contributed by atoms with Gasteiger partial charge in [0.2, 0.25) is 0 Å². The van der Waals surface area contributed by atoms with Crippen molar-refractivity contribution >= 4 is 29.1 Å². The normalized spacial score (nSPS) is 15.3. The van der Waals surface area contributed by atoms with Gasteiger partial charge in [-0.25, -0.2) is 0 Å². The second kappa shape index (κ2) is 5.32. The van der Waals surface area contributed by atoms with Gasteiger partial charge in [-0.1, -0.05) is 33.1 Å². The Kier molecular flexibility index (Phi) is 4.01. The van der Waals surface area contributed by atoms with E-state index in [4.69, 9.17) is 23.5 Å². The fourth-order valence-electron chi connectivity index (χ4n) is 2.49. The SMILES string of the molecule is [B]C([B])([B])n1cc2c(n1)C(C=C)=C(C(=C)C(C)C)N(C)C2. The Labute approximate surface area is 131 Å². The van der Waals surface area contributed by atoms with Crippen molar-refractivity contribution in [1.29, 1.82) is 0 Å². The third kappa shape index (κ3) is 2.76. The maximum absolute atomic E-state index is 5.72. The molecule has 21 heavy (non-hydrogen) atoms. The molecule has 1 aromatic heterocycles. The topological polar surface area (TPSA) is 21.1 Å². The largest absolute Gasteiger partial charge is 0.369 e. The highest BCUT2D eigenvalue weighted by atomic mass is 15.3. The Bertz CT molecular complexity index is 621. The van der Waals surface area contributed by atoms with E-state index in [0.29, 0.717) is 12.5 Å². The minimum atomic E-state index is -1.52. The molecule has 0 N–H and O–H groups in total. The molecule has 2 rings (SSSR count). The summed E-state index contributed by atoms with van der Waals surface area (Å²) >= 11 is 0. The number of rotatable bonds is 4. The quantitative estimate of drug-likeness (QED) is 0.775. The maximum atomic E-state index is 5.72. The van der Waals surface area contributed by atoms with Crippen molar-refractivity contribution in [2.75, 3.05) is 7.05 Å². The number of likely N-dealkylation sites (N-methyl/N-ethyl adjacent to an activating group) is 1. The average molecular weight is 273 g/mol. The van der Waals surface area contributed by atoms with Gasteiger partial charge in [0, 0.05) is 36.6 Å². The Morgan fingerprint density at radius 2 is 2.05 bits per heavy atom. The van der Waals surface area contributed by atoms with E-state index < -0.39 is 5.24 Å². The molecule has 102 valence electrons. The van der Waals surface area contributed by atoms with Crippen LogP contribution in [0, 0.1) is 5.92 Å². The lowest BCUT2D eigenvalue weighted by atomic mass is 9.49. The summed E-state index contributed by atoms with van der Waals surface area (Å²) in [6, 6.07) is 0. The van der Waals surface area contributed by atoms with Crippen LogP contribution >= 0.6 is 0 Å². The van der Waals surface area contributed by atoms with E-state index in [9.17, 15) is 0 Å². The van der Waals surface area contributed by atoms with Crippen LogP contribution in [0.4, 0.5) is 0 Å². The molecule has 0 spiro atoms. The van der Waals surface area contributed by atoms with Crippen LogP contribution in [-0.2, 0) is 11.8 Å². The summed E-state index contributed by atoms with van der Waals surface area (Å²) < 4.78 is 1.39. The summed E-state index contributed by atoms with van der Waals surface area (Å²) in [6.45, 7) is 13.0. The van der Waals surface area contributed by atoms with Crippen LogP contribution in [-0.4, -0.2) is 45.3 Å². The molecule has 6 heteroatoms. The van der Waals surface area contributed by atoms with E-state index in [0.717, 1.165) is 28.1 Å². The molecule has 0 aliphatic carbocycles. The van der Waals surface area contributed by atoms with Gasteiger partial charge in [0.05, 0.1) is 29.2 Å². The van der Waals surface area contributed by atoms with Crippen molar-refractivity contribution in [3.8, 4) is 0 Å². The monoisotopic (exact) mass is 273 g/mol. The molecule has 6 radical (unpaired) electrons. The van der Waals surface area contributed by atoms with Gasteiger partial charge in [-0.3, -0.25) is 4.68 Å². The number of allylic oxidation sites excluding steroid dienone is 3. The Hall–Kier alpha value is -1.58. The summed E-state index contributed by atoms with van der Waals surface area (Å²) in [6.07, 6.45) is 3.57. The van der Waals surface area contributed by atoms with Crippen LogP contribution < -0.4 is 0 Å². The standard InChI is InChI=1S/C15H18B3N3/c1-6-12-13-11(8-21(19-13)15(16,17)18)7-20(5)14(12)10(4)9(2)3/h6,8-9H,1,4,7H2,2-3,5H3. The van der Waals surface area contributed by atoms with E-state index >= 15 is 0 Å². The molecule has 3 nitrogen and oxygen atoms in total. The molecule has 2 heterocycles. The Balaban J connectivity index is 2.63. The lowest BCUT2D eigenvalue weighted by molar-refractivity contribution is 0.406. The predicted molar refractivity (Wildman–Crippen MR) is 90.0 cm³/mol. The third-order valence-corrected chi connectivity index (χ3v) is 3.69. The molecular formula is C15H18B3N3. The minimum absolute atomic E-state index is 0.332. The lowest BCUT2D eigenvalue weighted by Crippen LogP contribution is -2.35. The fraction of sp³-hybridized carbons (Fsp3) is 0.400. The van der Waals surface area contributed by atoms with Crippen molar-refractivity contribution in [3.05, 3.63) is 48.0 Å². The maximum Gasteiger partial charge on any atom is 0.0993 e. The first-order valence-corrected chi connectivity index (χ1v) is 6.89. The highest BCUT2D eigenvalue weighted by Crippen LogP contribution is 2.36.